The van der Waals surface area contributed by atoms with E-state index in [0.717, 1.165) is 17.6 Å². The van der Waals surface area contributed by atoms with Crippen molar-refractivity contribution in [3.05, 3.63) is 48.4 Å². The van der Waals surface area contributed by atoms with Gasteiger partial charge in [-0.2, -0.15) is 17.6 Å². The average molecular weight is 238 g/mol. The number of alkyl halides is 3. The van der Waals surface area contributed by atoms with E-state index in [-0.39, 0.29) is 0 Å². The Bertz CT molecular complexity index is 700. The molecule has 0 N–H and O–H groups in total. The van der Waals surface area contributed by atoms with Crippen LogP contribution in [0.2, 0.25) is 0 Å². The number of rotatable bonds is 0. The molecule has 0 aromatic carbocycles. The summed E-state index contributed by atoms with van der Waals surface area (Å²) in [6, 6.07) is 5.64. The van der Waals surface area contributed by atoms with E-state index in [1.54, 1.807) is 28.9 Å². The number of fused-ring (bicyclic) bond motifs is 3. The third-order valence-corrected chi connectivity index (χ3v) is 2.58. The summed E-state index contributed by atoms with van der Waals surface area (Å²) in [6.45, 7) is 0. The highest BCUT2D eigenvalue weighted by Crippen LogP contribution is 2.28. The highest BCUT2D eigenvalue weighted by molar-refractivity contribution is 5.51. The number of nitrogens with zero attached hydrogens (tertiary/aromatic N) is 3. The van der Waals surface area contributed by atoms with Crippen LogP contribution in [0.1, 0.15) is 5.56 Å². The second kappa shape index (κ2) is 3.19. The SMILES string of the molecule is FC(F)(F)c1cc[n+]2ncc3cccn3c2c1. The second-order valence-electron chi connectivity index (χ2n) is 3.66. The van der Waals surface area contributed by atoms with Gasteiger partial charge in [-0.15, -0.1) is 4.52 Å². The Hall–Kier alpha value is -2.11. The lowest BCUT2D eigenvalue weighted by Crippen LogP contribution is -2.29. The minimum atomic E-state index is -4.34. The van der Waals surface area contributed by atoms with Crippen molar-refractivity contribution in [1.82, 2.24) is 9.50 Å². The summed E-state index contributed by atoms with van der Waals surface area (Å²) < 4.78 is 40.9. The molecule has 0 aliphatic carbocycles. The van der Waals surface area contributed by atoms with Crippen molar-refractivity contribution in [3.8, 4) is 0 Å². The Morgan fingerprint density at radius 2 is 2.06 bits per heavy atom. The molecule has 0 aliphatic rings. The zero-order valence-electron chi connectivity index (χ0n) is 8.52. The quantitative estimate of drug-likeness (QED) is 0.549. The van der Waals surface area contributed by atoms with Crippen LogP contribution in [0.3, 0.4) is 0 Å². The molecule has 17 heavy (non-hydrogen) atoms. The van der Waals surface area contributed by atoms with Crippen molar-refractivity contribution in [2.75, 3.05) is 0 Å². The van der Waals surface area contributed by atoms with E-state index in [4.69, 9.17) is 0 Å². The fourth-order valence-electron chi connectivity index (χ4n) is 1.76. The van der Waals surface area contributed by atoms with Crippen molar-refractivity contribution in [2.45, 2.75) is 6.18 Å². The van der Waals surface area contributed by atoms with E-state index in [1.165, 1.54) is 10.7 Å². The van der Waals surface area contributed by atoms with E-state index < -0.39 is 11.7 Å². The monoisotopic (exact) mass is 238 g/mol. The number of aromatic nitrogens is 3. The first kappa shape index (κ1) is 10.1. The van der Waals surface area contributed by atoms with E-state index in [2.05, 4.69) is 5.10 Å². The van der Waals surface area contributed by atoms with Crippen LogP contribution in [0.5, 0.6) is 0 Å². The maximum Gasteiger partial charge on any atom is 0.416 e. The Labute approximate surface area is 93.7 Å². The van der Waals surface area contributed by atoms with Crippen LogP contribution in [0, 0.1) is 0 Å². The standard InChI is InChI=1S/C11H7F3N3/c12-11(13,14)8-3-5-17-10(6-8)16-4-1-2-9(16)7-15-17/h1-7H/q+1. The number of hydrogen-bond acceptors (Lipinski definition) is 1. The fourth-order valence-corrected chi connectivity index (χ4v) is 1.76. The van der Waals surface area contributed by atoms with E-state index in [9.17, 15) is 13.2 Å². The molecule has 0 bridgehead atoms. The number of hydrogen-bond donors (Lipinski definition) is 0. The van der Waals surface area contributed by atoms with Gasteiger partial charge in [0.1, 0.15) is 12.4 Å². The van der Waals surface area contributed by atoms with Crippen LogP contribution in [-0.2, 0) is 6.18 Å². The molecule has 3 aromatic rings. The largest absolute Gasteiger partial charge is 0.416 e. The molecular weight excluding hydrogens is 231 g/mol. The summed E-state index contributed by atoms with van der Waals surface area (Å²) in [7, 11) is 0. The van der Waals surface area contributed by atoms with Crippen molar-refractivity contribution < 1.29 is 17.7 Å². The highest BCUT2D eigenvalue weighted by Gasteiger charge is 2.32. The predicted molar refractivity (Wildman–Crippen MR) is 53.4 cm³/mol. The van der Waals surface area contributed by atoms with Crippen molar-refractivity contribution >= 4 is 11.2 Å². The topological polar surface area (TPSA) is 21.4 Å². The smallest absolute Gasteiger partial charge is 0.196 e. The van der Waals surface area contributed by atoms with Gasteiger partial charge in [0.15, 0.2) is 5.52 Å². The Morgan fingerprint density at radius 1 is 1.24 bits per heavy atom. The lowest BCUT2D eigenvalue weighted by atomic mass is 10.2. The van der Waals surface area contributed by atoms with Gasteiger partial charge in [-0.1, -0.05) is 5.10 Å². The van der Waals surface area contributed by atoms with Gasteiger partial charge in [0.05, 0.1) is 11.8 Å². The first-order valence-electron chi connectivity index (χ1n) is 4.91. The van der Waals surface area contributed by atoms with Crippen molar-refractivity contribution in [3.63, 3.8) is 0 Å². The predicted octanol–water partition coefficient (Wildman–Crippen LogP) is 2.09. The molecule has 3 rings (SSSR count). The normalized spacial score (nSPS) is 12.4. The van der Waals surface area contributed by atoms with Gasteiger partial charge < -0.3 is 0 Å². The molecule has 6 heteroatoms. The minimum Gasteiger partial charge on any atom is -0.196 e. The summed E-state index contributed by atoms with van der Waals surface area (Å²) in [5, 5.41) is 4.03. The molecule has 3 nitrogen and oxygen atoms in total. The van der Waals surface area contributed by atoms with Gasteiger partial charge in [0, 0.05) is 6.07 Å². The van der Waals surface area contributed by atoms with Gasteiger partial charge in [-0.25, -0.2) is 0 Å². The fraction of sp³-hybridized carbons (Fsp3) is 0.0909. The maximum absolute atomic E-state index is 12.6. The summed E-state index contributed by atoms with van der Waals surface area (Å²) in [4.78, 5) is 0. The van der Waals surface area contributed by atoms with Crippen molar-refractivity contribution in [1.29, 1.82) is 0 Å². The minimum absolute atomic E-state index is 0.377. The Morgan fingerprint density at radius 3 is 2.82 bits per heavy atom. The molecule has 3 heterocycles. The maximum atomic E-state index is 12.6. The zero-order chi connectivity index (χ0) is 12.0. The molecule has 0 unspecified atom stereocenters. The van der Waals surface area contributed by atoms with Crippen LogP contribution in [0.4, 0.5) is 13.2 Å². The first-order chi connectivity index (χ1) is 8.05. The molecule has 0 aliphatic heterocycles. The van der Waals surface area contributed by atoms with Gasteiger partial charge in [0.2, 0.25) is 0 Å². The summed E-state index contributed by atoms with van der Waals surface area (Å²) >= 11 is 0. The molecule has 3 aromatic heterocycles. The summed E-state index contributed by atoms with van der Waals surface area (Å²) in [5.74, 6) is 0. The van der Waals surface area contributed by atoms with Crippen LogP contribution >= 0.6 is 0 Å². The van der Waals surface area contributed by atoms with Gasteiger partial charge in [-0.3, -0.25) is 0 Å². The lowest BCUT2D eigenvalue weighted by Gasteiger charge is -2.05. The van der Waals surface area contributed by atoms with Crippen LogP contribution in [0.15, 0.2) is 42.9 Å². The first-order valence-corrected chi connectivity index (χ1v) is 4.91. The Balaban J connectivity index is 2.40. The van der Waals surface area contributed by atoms with Gasteiger partial charge in [0.25, 0.3) is 0 Å². The number of pyridine rings is 1. The number of halogens is 3. The van der Waals surface area contributed by atoms with E-state index >= 15 is 0 Å². The lowest BCUT2D eigenvalue weighted by molar-refractivity contribution is -0.583. The highest BCUT2D eigenvalue weighted by atomic mass is 19.4. The van der Waals surface area contributed by atoms with Crippen LogP contribution in [0.25, 0.3) is 11.2 Å². The Kier molecular flexibility index (Phi) is 1.89. The van der Waals surface area contributed by atoms with Gasteiger partial charge in [-0.05, 0) is 18.2 Å². The zero-order valence-corrected chi connectivity index (χ0v) is 8.52. The molecule has 0 radical (unpaired) electrons. The van der Waals surface area contributed by atoms with E-state index in [0.29, 0.717) is 5.65 Å². The second-order valence-corrected chi connectivity index (χ2v) is 3.66. The molecule has 86 valence electrons. The molecule has 0 fully saturated rings. The van der Waals surface area contributed by atoms with E-state index in [1.807, 2.05) is 0 Å². The van der Waals surface area contributed by atoms with Gasteiger partial charge >= 0.3 is 11.8 Å². The molecule has 0 saturated heterocycles. The molecule has 0 atom stereocenters. The molecular formula is C11H7F3N3+. The molecule has 0 saturated carbocycles. The summed E-state index contributed by atoms with van der Waals surface area (Å²) in [6.07, 6.45) is 0.258. The third kappa shape index (κ3) is 1.52. The van der Waals surface area contributed by atoms with Crippen molar-refractivity contribution in [2.24, 2.45) is 0 Å². The summed E-state index contributed by atoms with van der Waals surface area (Å²) in [5.41, 5.74) is 0.451. The third-order valence-electron chi connectivity index (χ3n) is 2.58. The van der Waals surface area contributed by atoms with Crippen LogP contribution < -0.4 is 4.52 Å². The average Bonchev–Trinajstić information content (AvgIpc) is 2.75. The molecule has 0 amide bonds. The van der Waals surface area contributed by atoms with Crippen LogP contribution in [-0.4, -0.2) is 9.50 Å². The molecule has 0 spiro atoms.